The highest BCUT2D eigenvalue weighted by molar-refractivity contribution is 5.01. The third kappa shape index (κ3) is 1.46. The van der Waals surface area contributed by atoms with Crippen LogP contribution in [0.25, 0.3) is 0 Å². The fourth-order valence-corrected chi connectivity index (χ4v) is 0.515. The van der Waals surface area contributed by atoms with E-state index in [1.807, 2.05) is 0 Å². The Balaban J connectivity index is 2.89. The predicted octanol–water partition coefficient (Wildman–Crippen LogP) is 1.72. The summed E-state index contributed by atoms with van der Waals surface area (Å²) in [5.41, 5.74) is 0.370. The Morgan fingerprint density at radius 2 is 2.00 bits per heavy atom. The molecule has 0 N–H and O–H groups in total. The van der Waals surface area contributed by atoms with Gasteiger partial charge < -0.3 is 0 Å². The highest BCUT2D eigenvalue weighted by Gasteiger charge is 2.06. The van der Waals surface area contributed by atoms with Crippen molar-refractivity contribution in [1.29, 1.82) is 0 Å². The van der Waals surface area contributed by atoms with Gasteiger partial charge >= 0.3 is 0 Å². The van der Waals surface area contributed by atoms with Crippen molar-refractivity contribution in [1.82, 2.24) is 9.97 Å². The number of hydrogen-bond donors (Lipinski definition) is 0. The summed E-state index contributed by atoms with van der Waals surface area (Å²) in [5, 5.41) is 0. The van der Waals surface area contributed by atoms with Gasteiger partial charge in [-0.05, 0) is 6.92 Å². The number of hydrogen-bond acceptors (Lipinski definition) is 2. The molecule has 0 bridgehead atoms. The first-order chi connectivity index (χ1) is 4.70. The topological polar surface area (TPSA) is 25.8 Å². The summed E-state index contributed by atoms with van der Waals surface area (Å²) in [6.07, 6.45) is -0.116. The van der Waals surface area contributed by atoms with E-state index in [1.54, 1.807) is 6.92 Å². The van der Waals surface area contributed by atoms with Crippen LogP contribution in [0.2, 0.25) is 0 Å². The molecule has 0 fully saturated rings. The molecule has 0 radical (unpaired) electrons. The molecule has 1 aromatic heterocycles. The highest BCUT2D eigenvalue weighted by Crippen LogP contribution is 2.13. The van der Waals surface area contributed by atoms with Gasteiger partial charge in [0.15, 0.2) is 0 Å². The zero-order chi connectivity index (χ0) is 7.56. The van der Waals surface area contributed by atoms with E-state index in [0.29, 0.717) is 5.69 Å². The maximum Gasteiger partial charge on any atom is 0.281 e. The summed E-state index contributed by atoms with van der Waals surface area (Å²) < 4.78 is 23.6. The van der Waals surface area contributed by atoms with E-state index >= 15 is 0 Å². The maximum atomic E-state index is 11.8. The molecule has 0 amide bonds. The molecule has 2 nitrogen and oxygen atoms in total. The Morgan fingerprint density at radius 1 is 1.30 bits per heavy atom. The van der Waals surface area contributed by atoms with Crippen LogP contribution in [-0.2, 0) is 0 Å². The molecule has 1 aromatic rings. The molecule has 1 rings (SSSR count). The van der Waals surface area contributed by atoms with Crippen LogP contribution in [0.1, 0.15) is 17.8 Å². The van der Waals surface area contributed by atoms with Crippen molar-refractivity contribution in [2.45, 2.75) is 13.3 Å². The van der Waals surface area contributed by atoms with E-state index in [1.165, 1.54) is 6.20 Å². The Bertz CT molecular complexity index is 207. The second kappa shape index (κ2) is 2.68. The van der Waals surface area contributed by atoms with E-state index in [4.69, 9.17) is 0 Å². The summed E-state index contributed by atoms with van der Waals surface area (Å²) in [6, 6.07) is 0. The van der Waals surface area contributed by atoms with Gasteiger partial charge in [0, 0.05) is 6.20 Å². The fourth-order valence-electron chi connectivity index (χ4n) is 0.515. The molecule has 0 saturated carbocycles. The van der Waals surface area contributed by atoms with Crippen molar-refractivity contribution in [3.8, 4) is 0 Å². The first-order valence-corrected chi connectivity index (χ1v) is 2.77. The normalized spacial score (nSPS) is 10.4. The zero-order valence-corrected chi connectivity index (χ0v) is 5.38. The lowest BCUT2D eigenvalue weighted by Gasteiger charge is -1.95. The first-order valence-electron chi connectivity index (χ1n) is 2.77. The average Bonchev–Trinajstić information content (AvgIpc) is 1.88. The van der Waals surface area contributed by atoms with E-state index in [2.05, 4.69) is 9.97 Å². The molecule has 1 heterocycles. The van der Waals surface area contributed by atoms with Crippen molar-refractivity contribution in [2.75, 3.05) is 0 Å². The zero-order valence-electron chi connectivity index (χ0n) is 5.38. The minimum absolute atomic E-state index is 0.273. The summed E-state index contributed by atoms with van der Waals surface area (Å²) in [4.78, 5) is 7.12. The van der Waals surface area contributed by atoms with Crippen molar-refractivity contribution in [3.05, 3.63) is 23.8 Å². The summed E-state index contributed by atoms with van der Waals surface area (Å²) in [6.45, 7) is 1.70. The largest absolute Gasteiger partial charge is 0.281 e. The van der Waals surface area contributed by atoms with Crippen molar-refractivity contribution >= 4 is 0 Å². The highest BCUT2D eigenvalue weighted by atomic mass is 19.3. The van der Waals surface area contributed by atoms with Crippen LogP contribution in [0, 0.1) is 6.92 Å². The molecule has 0 unspecified atom stereocenters. The van der Waals surface area contributed by atoms with Gasteiger partial charge in [0.1, 0.15) is 5.69 Å². The monoisotopic (exact) mass is 144 g/mol. The summed E-state index contributed by atoms with van der Waals surface area (Å²) in [5.74, 6) is 0. The molecule has 0 atom stereocenters. The molecule has 0 aromatic carbocycles. The van der Waals surface area contributed by atoms with Gasteiger partial charge in [0.2, 0.25) is 0 Å². The SMILES string of the molecule is Cc1cnc(C(F)F)cn1. The van der Waals surface area contributed by atoms with E-state index in [9.17, 15) is 8.78 Å². The smallest absolute Gasteiger partial charge is 0.258 e. The van der Waals surface area contributed by atoms with Gasteiger partial charge in [-0.15, -0.1) is 0 Å². The van der Waals surface area contributed by atoms with E-state index in [0.717, 1.165) is 6.20 Å². The average molecular weight is 144 g/mol. The number of nitrogens with zero attached hydrogens (tertiary/aromatic N) is 2. The lowest BCUT2D eigenvalue weighted by Crippen LogP contribution is -1.91. The number of aryl methyl sites for hydroxylation is 1. The molecule has 0 saturated heterocycles. The molecule has 10 heavy (non-hydrogen) atoms. The van der Waals surface area contributed by atoms with Crippen LogP contribution >= 0.6 is 0 Å². The minimum Gasteiger partial charge on any atom is -0.258 e. The maximum absolute atomic E-state index is 11.8. The lowest BCUT2D eigenvalue weighted by atomic mass is 10.4. The quantitative estimate of drug-likeness (QED) is 0.599. The summed E-state index contributed by atoms with van der Waals surface area (Å²) >= 11 is 0. The Labute approximate surface area is 56.9 Å². The van der Waals surface area contributed by atoms with Gasteiger partial charge in [-0.1, -0.05) is 0 Å². The van der Waals surface area contributed by atoms with Gasteiger partial charge in [-0.2, -0.15) is 0 Å². The molecule has 0 spiro atoms. The van der Waals surface area contributed by atoms with Crippen molar-refractivity contribution in [3.63, 3.8) is 0 Å². The van der Waals surface area contributed by atoms with Crippen LogP contribution in [0.3, 0.4) is 0 Å². The molecular weight excluding hydrogens is 138 g/mol. The number of aromatic nitrogens is 2. The molecule has 4 heteroatoms. The van der Waals surface area contributed by atoms with Crippen LogP contribution in [0.4, 0.5) is 8.78 Å². The molecule has 54 valence electrons. The minimum atomic E-state index is -2.52. The summed E-state index contributed by atoms with van der Waals surface area (Å²) in [7, 11) is 0. The van der Waals surface area contributed by atoms with Gasteiger partial charge in [0.25, 0.3) is 6.43 Å². The second-order valence-electron chi connectivity index (χ2n) is 1.88. The Kier molecular flexibility index (Phi) is 1.89. The van der Waals surface area contributed by atoms with Crippen molar-refractivity contribution in [2.24, 2.45) is 0 Å². The molecular formula is C6H6F2N2. The van der Waals surface area contributed by atoms with E-state index < -0.39 is 6.43 Å². The molecule has 0 aliphatic rings. The molecule has 0 aliphatic carbocycles. The number of halogens is 2. The standard InChI is InChI=1S/C6H6F2N2/c1-4-2-10-5(3-9-4)6(7)8/h2-3,6H,1H3. The first kappa shape index (κ1) is 7.05. The van der Waals surface area contributed by atoms with Gasteiger partial charge in [-0.25, -0.2) is 8.78 Å². The number of rotatable bonds is 1. The van der Waals surface area contributed by atoms with Crippen LogP contribution in [0.15, 0.2) is 12.4 Å². The Morgan fingerprint density at radius 3 is 2.40 bits per heavy atom. The van der Waals surface area contributed by atoms with Crippen molar-refractivity contribution < 1.29 is 8.78 Å². The predicted molar refractivity (Wildman–Crippen MR) is 31.7 cm³/mol. The lowest BCUT2D eigenvalue weighted by molar-refractivity contribution is 0.145. The van der Waals surface area contributed by atoms with Crippen LogP contribution in [0.5, 0.6) is 0 Å². The van der Waals surface area contributed by atoms with Gasteiger partial charge in [-0.3, -0.25) is 9.97 Å². The van der Waals surface area contributed by atoms with Crippen LogP contribution < -0.4 is 0 Å². The number of alkyl halides is 2. The third-order valence-corrected chi connectivity index (χ3v) is 1.02. The third-order valence-electron chi connectivity index (χ3n) is 1.02. The van der Waals surface area contributed by atoms with Gasteiger partial charge in [0.05, 0.1) is 11.9 Å². The Hall–Kier alpha value is -1.06. The second-order valence-corrected chi connectivity index (χ2v) is 1.88. The van der Waals surface area contributed by atoms with Crippen LogP contribution in [-0.4, -0.2) is 9.97 Å². The van der Waals surface area contributed by atoms with E-state index in [-0.39, 0.29) is 5.69 Å². The molecule has 0 aliphatic heterocycles. The fraction of sp³-hybridized carbons (Fsp3) is 0.333.